The summed E-state index contributed by atoms with van der Waals surface area (Å²) in [6.45, 7) is 8.76. The van der Waals surface area contributed by atoms with Crippen LogP contribution in [0.3, 0.4) is 0 Å². The highest BCUT2D eigenvalue weighted by molar-refractivity contribution is 5.29. The molecule has 98 valence electrons. The van der Waals surface area contributed by atoms with E-state index in [-0.39, 0.29) is 18.1 Å². The fraction of sp³-hybridized carbons (Fsp3) is 0.533. The molecule has 0 heterocycles. The van der Waals surface area contributed by atoms with Gasteiger partial charge in [-0.1, -0.05) is 12.1 Å². The third-order valence-electron chi connectivity index (χ3n) is 2.70. The summed E-state index contributed by atoms with van der Waals surface area (Å²) in [5.41, 5.74) is 1.20. The molecule has 1 N–H and O–H groups in total. The van der Waals surface area contributed by atoms with Crippen molar-refractivity contribution in [2.45, 2.75) is 39.8 Å². The van der Waals surface area contributed by atoms with Gasteiger partial charge in [0.15, 0.2) is 0 Å². The molecular formula is C15H22N2O. The zero-order valence-electron chi connectivity index (χ0n) is 11.6. The van der Waals surface area contributed by atoms with Crippen LogP contribution in [0.5, 0.6) is 5.75 Å². The summed E-state index contributed by atoms with van der Waals surface area (Å²) in [5, 5.41) is 12.1. The minimum Gasteiger partial charge on any atom is -0.491 e. The maximum atomic E-state index is 8.73. The fourth-order valence-electron chi connectivity index (χ4n) is 1.62. The first-order valence-electron chi connectivity index (χ1n) is 6.42. The van der Waals surface area contributed by atoms with Gasteiger partial charge in [-0.2, -0.15) is 5.26 Å². The van der Waals surface area contributed by atoms with Crippen LogP contribution < -0.4 is 10.1 Å². The largest absolute Gasteiger partial charge is 0.491 e. The summed E-state index contributed by atoms with van der Waals surface area (Å²) in [5.74, 6) is 0.933. The molecule has 0 aliphatic rings. The molecule has 0 radical (unpaired) electrons. The van der Waals surface area contributed by atoms with Gasteiger partial charge in [-0.15, -0.1) is 0 Å². The summed E-state index contributed by atoms with van der Waals surface area (Å²) in [4.78, 5) is 0. The number of ether oxygens (including phenoxy) is 1. The van der Waals surface area contributed by atoms with E-state index >= 15 is 0 Å². The molecule has 0 spiro atoms. The van der Waals surface area contributed by atoms with Gasteiger partial charge < -0.3 is 10.1 Å². The molecule has 0 bridgehead atoms. The molecule has 0 aliphatic heterocycles. The molecule has 1 rings (SSSR count). The Bertz CT molecular complexity index is 392. The topological polar surface area (TPSA) is 45.0 Å². The molecule has 18 heavy (non-hydrogen) atoms. The molecule has 0 aliphatic carbocycles. The van der Waals surface area contributed by atoms with Crippen molar-refractivity contribution in [3.05, 3.63) is 29.8 Å². The van der Waals surface area contributed by atoms with Crippen LogP contribution in [0.15, 0.2) is 24.3 Å². The second-order valence-electron chi connectivity index (χ2n) is 4.90. The van der Waals surface area contributed by atoms with Crippen molar-refractivity contribution in [2.24, 2.45) is 5.92 Å². The summed E-state index contributed by atoms with van der Waals surface area (Å²) < 4.78 is 5.60. The van der Waals surface area contributed by atoms with Crippen LogP contribution in [0.25, 0.3) is 0 Å². The second kappa shape index (κ2) is 7.03. The van der Waals surface area contributed by atoms with Gasteiger partial charge >= 0.3 is 0 Å². The van der Waals surface area contributed by atoms with Gasteiger partial charge in [0.25, 0.3) is 0 Å². The zero-order valence-corrected chi connectivity index (χ0v) is 11.6. The van der Waals surface area contributed by atoms with Crippen LogP contribution in [-0.2, 0) is 0 Å². The normalized spacial score (nSPS) is 14.0. The molecule has 1 aromatic rings. The first kappa shape index (κ1) is 14.5. The highest BCUT2D eigenvalue weighted by Gasteiger charge is 2.07. The Hall–Kier alpha value is -1.53. The summed E-state index contributed by atoms with van der Waals surface area (Å²) >= 11 is 0. The smallest absolute Gasteiger partial charge is 0.119 e. The average Bonchev–Trinajstić information content (AvgIpc) is 2.35. The van der Waals surface area contributed by atoms with E-state index in [0.717, 1.165) is 5.75 Å². The van der Waals surface area contributed by atoms with Gasteiger partial charge in [-0.05, 0) is 45.4 Å². The molecule has 0 aromatic heterocycles. The Kier molecular flexibility index (Phi) is 5.67. The van der Waals surface area contributed by atoms with E-state index in [9.17, 15) is 0 Å². The van der Waals surface area contributed by atoms with Crippen molar-refractivity contribution >= 4 is 0 Å². The first-order valence-corrected chi connectivity index (χ1v) is 6.42. The highest BCUT2D eigenvalue weighted by Crippen LogP contribution is 2.18. The van der Waals surface area contributed by atoms with E-state index in [2.05, 4.69) is 30.4 Å². The van der Waals surface area contributed by atoms with E-state index in [4.69, 9.17) is 10.00 Å². The maximum Gasteiger partial charge on any atom is 0.119 e. The van der Waals surface area contributed by atoms with Crippen molar-refractivity contribution < 1.29 is 4.74 Å². The fourth-order valence-corrected chi connectivity index (χ4v) is 1.62. The molecular weight excluding hydrogens is 224 g/mol. The maximum absolute atomic E-state index is 8.73. The lowest BCUT2D eigenvalue weighted by atomic mass is 10.1. The standard InChI is InChI=1S/C15H22N2O/c1-11(2)18-15-7-5-14(6-8-15)13(4)17-10-12(3)9-16/h5-8,11-13,17H,10H2,1-4H3. The molecule has 3 heteroatoms. The Balaban J connectivity index is 2.54. The number of nitrogens with one attached hydrogen (secondary N) is 1. The van der Waals surface area contributed by atoms with Crippen LogP contribution in [0, 0.1) is 17.2 Å². The van der Waals surface area contributed by atoms with E-state index in [1.54, 1.807) is 0 Å². The summed E-state index contributed by atoms with van der Waals surface area (Å²) in [6, 6.07) is 10.6. The average molecular weight is 246 g/mol. The highest BCUT2D eigenvalue weighted by atomic mass is 16.5. The van der Waals surface area contributed by atoms with Crippen LogP contribution >= 0.6 is 0 Å². The molecule has 0 saturated heterocycles. The van der Waals surface area contributed by atoms with Gasteiger partial charge in [0.05, 0.1) is 18.1 Å². The predicted molar refractivity (Wildman–Crippen MR) is 73.4 cm³/mol. The Morgan fingerprint density at radius 3 is 2.28 bits per heavy atom. The lowest BCUT2D eigenvalue weighted by Gasteiger charge is -2.16. The van der Waals surface area contributed by atoms with Gasteiger partial charge in [0.1, 0.15) is 5.75 Å². The van der Waals surface area contributed by atoms with Gasteiger partial charge in [0.2, 0.25) is 0 Å². The molecule has 1 aromatic carbocycles. The van der Waals surface area contributed by atoms with E-state index in [0.29, 0.717) is 6.54 Å². The van der Waals surface area contributed by atoms with Crippen molar-refractivity contribution in [1.82, 2.24) is 5.32 Å². The molecule has 2 unspecified atom stereocenters. The molecule has 2 atom stereocenters. The number of rotatable bonds is 6. The minimum absolute atomic E-state index is 0.0380. The van der Waals surface area contributed by atoms with Gasteiger partial charge in [0, 0.05) is 12.6 Å². The third-order valence-corrected chi connectivity index (χ3v) is 2.70. The first-order chi connectivity index (χ1) is 8.52. The summed E-state index contributed by atoms with van der Waals surface area (Å²) in [6.07, 6.45) is 0.197. The number of hydrogen-bond acceptors (Lipinski definition) is 3. The van der Waals surface area contributed by atoms with Crippen molar-refractivity contribution in [1.29, 1.82) is 5.26 Å². The molecule has 0 fully saturated rings. The molecule has 3 nitrogen and oxygen atoms in total. The predicted octanol–water partition coefficient (Wildman–Crippen LogP) is 3.28. The zero-order chi connectivity index (χ0) is 13.5. The summed E-state index contributed by atoms with van der Waals surface area (Å²) in [7, 11) is 0. The molecule has 0 amide bonds. The van der Waals surface area contributed by atoms with Gasteiger partial charge in [-0.25, -0.2) is 0 Å². The van der Waals surface area contributed by atoms with Crippen LogP contribution in [0.2, 0.25) is 0 Å². The number of nitriles is 1. The third kappa shape index (κ3) is 4.77. The van der Waals surface area contributed by atoms with Crippen molar-refractivity contribution in [2.75, 3.05) is 6.54 Å². The van der Waals surface area contributed by atoms with E-state index in [1.165, 1.54) is 5.56 Å². The lowest BCUT2D eigenvalue weighted by Crippen LogP contribution is -2.23. The van der Waals surface area contributed by atoms with Crippen LogP contribution in [-0.4, -0.2) is 12.6 Å². The minimum atomic E-state index is 0.0380. The Morgan fingerprint density at radius 1 is 1.17 bits per heavy atom. The Labute approximate surface area is 110 Å². The molecule has 0 saturated carbocycles. The Morgan fingerprint density at radius 2 is 1.78 bits per heavy atom. The van der Waals surface area contributed by atoms with Crippen LogP contribution in [0.4, 0.5) is 0 Å². The number of nitrogens with zero attached hydrogens (tertiary/aromatic N) is 1. The number of hydrogen-bond donors (Lipinski definition) is 1. The number of benzene rings is 1. The van der Waals surface area contributed by atoms with E-state index in [1.807, 2.05) is 32.9 Å². The SMILES string of the molecule is CC(C#N)CNC(C)c1ccc(OC(C)C)cc1. The van der Waals surface area contributed by atoms with Crippen LogP contribution in [0.1, 0.15) is 39.3 Å². The van der Waals surface area contributed by atoms with Gasteiger partial charge in [-0.3, -0.25) is 0 Å². The quantitative estimate of drug-likeness (QED) is 0.837. The van der Waals surface area contributed by atoms with Crippen molar-refractivity contribution in [3.63, 3.8) is 0 Å². The van der Waals surface area contributed by atoms with E-state index < -0.39 is 0 Å². The van der Waals surface area contributed by atoms with Crippen molar-refractivity contribution in [3.8, 4) is 11.8 Å². The monoisotopic (exact) mass is 246 g/mol. The lowest BCUT2D eigenvalue weighted by molar-refractivity contribution is 0.242. The second-order valence-corrected chi connectivity index (χ2v) is 4.90.